The number of primary amides is 1. The Balaban J connectivity index is 2.13. The summed E-state index contributed by atoms with van der Waals surface area (Å²) in [5.74, 6) is -0.688. The van der Waals surface area contributed by atoms with Crippen LogP contribution in [0.15, 0.2) is 47.6 Å². The molecule has 200 valence electrons. The molecule has 0 heterocycles. The molecule has 4 amide bonds. The molecule has 0 unspecified atom stereocenters. The maximum atomic E-state index is 13.1. The van der Waals surface area contributed by atoms with Crippen LogP contribution in [0.5, 0.6) is 0 Å². The molecule has 0 saturated heterocycles. The van der Waals surface area contributed by atoms with Gasteiger partial charge in [0.1, 0.15) is 17.9 Å². The SMILES string of the molecule is CC(C)C[C@H](NC(=O)Cc1cccc2ccccc12)C(=O)N[C@H](C=O)CC(=NNC(N)=O)OC(C)(C)C. The third kappa shape index (κ3) is 10.3. The number of aldehydes is 1. The van der Waals surface area contributed by atoms with E-state index in [1.807, 2.05) is 56.3 Å². The second kappa shape index (κ2) is 13.4. The Kier molecular flexibility index (Phi) is 10.6. The van der Waals surface area contributed by atoms with Crippen molar-refractivity contribution in [1.82, 2.24) is 16.1 Å². The van der Waals surface area contributed by atoms with E-state index in [0.29, 0.717) is 12.7 Å². The average molecular weight is 512 g/mol. The maximum Gasteiger partial charge on any atom is 0.332 e. The zero-order valence-corrected chi connectivity index (χ0v) is 22.0. The topological polar surface area (TPSA) is 152 Å². The van der Waals surface area contributed by atoms with E-state index in [-0.39, 0.29) is 30.6 Å². The number of hydrogen-bond donors (Lipinski definition) is 4. The number of hydrogen-bond acceptors (Lipinski definition) is 6. The smallest absolute Gasteiger partial charge is 0.332 e. The van der Waals surface area contributed by atoms with E-state index in [1.54, 1.807) is 20.8 Å². The van der Waals surface area contributed by atoms with Gasteiger partial charge in [-0.1, -0.05) is 56.3 Å². The molecule has 0 aliphatic heterocycles. The minimum atomic E-state index is -1.01. The van der Waals surface area contributed by atoms with Gasteiger partial charge in [0, 0.05) is 0 Å². The van der Waals surface area contributed by atoms with Crippen LogP contribution in [0, 0.1) is 5.92 Å². The molecule has 0 spiro atoms. The first-order chi connectivity index (χ1) is 17.4. The molecule has 10 heteroatoms. The third-order valence-electron chi connectivity index (χ3n) is 5.19. The van der Waals surface area contributed by atoms with Crippen LogP contribution in [-0.4, -0.2) is 47.7 Å². The summed E-state index contributed by atoms with van der Waals surface area (Å²) >= 11 is 0. The van der Waals surface area contributed by atoms with Crippen molar-refractivity contribution in [2.24, 2.45) is 16.8 Å². The highest BCUT2D eigenvalue weighted by Crippen LogP contribution is 2.19. The molecule has 0 fully saturated rings. The number of fused-ring (bicyclic) bond motifs is 1. The van der Waals surface area contributed by atoms with Crippen LogP contribution in [0.3, 0.4) is 0 Å². The van der Waals surface area contributed by atoms with Gasteiger partial charge in [-0.2, -0.15) is 0 Å². The number of carbonyl (C=O) groups excluding carboxylic acids is 4. The number of amides is 4. The van der Waals surface area contributed by atoms with E-state index in [9.17, 15) is 19.2 Å². The second-order valence-electron chi connectivity index (χ2n) is 10.2. The van der Waals surface area contributed by atoms with Gasteiger partial charge in [0.25, 0.3) is 0 Å². The van der Waals surface area contributed by atoms with E-state index >= 15 is 0 Å². The van der Waals surface area contributed by atoms with Crippen LogP contribution in [0.25, 0.3) is 10.8 Å². The number of nitrogens with zero attached hydrogens (tertiary/aromatic N) is 1. The Morgan fingerprint density at radius 3 is 2.35 bits per heavy atom. The first-order valence-corrected chi connectivity index (χ1v) is 12.2. The Labute approximate surface area is 217 Å². The van der Waals surface area contributed by atoms with Gasteiger partial charge in [0.15, 0.2) is 0 Å². The fourth-order valence-electron chi connectivity index (χ4n) is 3.75. The van der Waals surface area contributed by atoms with Gasteiger partial charge in [-0.05, 0) is 49.4 Å². The van der Waals surface area contributed by atoms with E-state index in [1.165, 1.54) is 0 Å². The average Bonchev–Trinajstić information content (AvgIpc) is 2.80. The largest absolute Gasteiger partial charge is 0.474 e. The molecule has 37 heavy (non-hydrogen) atoms. The molecule has 2 aromatic rings. The van der Waals surface area contributed by atoms with Crippen molar-refractivity contribution >= 4 is 40.8 Å². The van der Waals surface area contributed by atoms with Crippen molar-refractivity contribution in [3.05, 3.63) is 48.0 Å². The van der Waals surface area contributed by atoms with E-state index in [0.717, 1.165) is 16.3 Å². The fourth-order valence-corrected chi connectivity index (χ4v) is 3.75. The number of benzene rings is 2. The Hall–Kier alpha value is -3.95. The van der Waals surface area contributed by atoms with Crippen molar-refractivity contribution < 1.29 is 23.9 Å². The van der Waals surface area contributed by atoms with Crippen molar-refractivity contribution in [2.75, 3.05) is 0 Å². The predicted molar refractivity (Wildman–Crippen MR) is 143 cm³/mol. The first-order valence-electron chi connectivity index (χ1n) is 12.2. The maximum absolute atomic E-state index is 13.1. The van der Waals surface area contributed by atoms with Gasteiger partial charge >= 0.3 is 6.03 Å². The number of hydrazone groups is 1. The first kappa shape index (κ1) is 29.3. The molecule has 0 aromatic heterocycles. The van der Waals surface area contributed by atoms with Crippen LogP contribution in [-0.2, 0) is 25.5 Å². The number of nitrogens with one attached hydrogen (secondary N) is 3. The molecule has 2 atom stereocenters. The van der Waals surface area contributed by atoms with Gasteiger partial charge in [0.05, 0.1) is 18.9 Å². The summed E-state index contributed by atoms with van der Waals surface area (Å²) in [7, 11) is 0. The van der Waals surface area contributed by atoms with Crippen LogP contribution < -0.4 is 21.8 Å². The van der Waals surface area contributed by atoms with Gasteiger partial charge in [-0.15, -0.1) is 5.10 Å². The normalized spacial score (nSPS) is 13.5. The number of urea groups is 1. The molecular weight excluding hydrogens is 474 g/mol. The number of rotatable bonds is 11. The zero-order chi connectivity index (χ0) is 27.6. The lowest BCUT2D eigenvalue weighted by atomic mass is 10.00. The number of ether oxygens (including phenoxy) is 1. The summed E-state index contributed by atoms with van der Waals surface area (Å²) in [6, 6.07) is 10.8. The highest BCUT2D eigenvalue weighted by atomic mass is 16.5. The monoisotopic (exact) mass is 511 g/mol. The highest BCUT2D eigenvalue weighted by molar-refractivity contribution is 5.93. The minimum absolute atomic E-state index is 0.0177. The molecule has 0 aliphatic rings. The van der Waals surface area contributed by atoms with Gasteiger partial charge < -0.3 is 25.9 Å². The molecule has 2 rings (SSSR count). The summed E-state index contributed by atoms with van der Waals surface area (Å²) < 4.78 is 5.69. The highest BCUT2D eigenvalue weighted by Gasteiger charge is 2.26. The molecule has 0 saturated carbocycles. The summed E-state index contributed by atoms with van der Waals surface area (Å²) in [6.45, 7) is 9.18. The minimum Gasteiger partial charge on any atom is -0.474 e. The summed E-state index contributed by atoms with van der Waals surface area (Å²) in [5.41, 5.74) is 7.33. The van der Waals surface area contributed by atoms with Crippen LogP contribution in [0.4, 0.5) is 4.79 Å². The summed E-state index contributed by atoms with van der Waals surface area (Å²) in [6.07, 6.45) is 0.913. The van der Waals surface area contributed by atoms with E-state index < -0.39 is 29.6 Å². The Bertz CT molecular complexity index is 1130. The van der Waals surface area contributed by atoms with Gasteiger partial charge in [-0.25, -0.2) is 10.2 Å². The quantitative estimate of drug-likeness (QED) is 0.158. The van der Waals surface area contributed by atoms with E-state index in [4.69, 9.17) is 10.5 Å². The number of nitrogens with two attached hydrogens (primary N) is 1. The van der Waals surface area contributed by atoms with Gasteiger partial charge in [0.2, 0.25) is 17.7 Å². The second-order valence-corrected chi connectivity index (χ2v) is 10.2. The molecular formula is C27H37N5O5. The van der Waals surface area contributed by atoms with Crippen LogP contribution in [0.2, 0.25) is 0 Å². The predicted octanol–water partition coefficient (Wildman–Crippen LogP) is 2.78. The lowest BCUT2D eigenvalue weighted by molar-refractivity contribution is -0.130. The molecule has 0 radical (unpaired) electrons. The standard InChI is InChI=1S/C27H37N5O5/c1-17(2)13-22(30-23(34)14-19-11-8-10-18-9-6-7-12-21(18)19)25(35)29-20(16-33)15-24(31-32-26(28)36)37-27(3,4)5/h6-12,16-17,20,22H,13-15H2,1-5H3,(H,29,35)(H,30,34)(H3,28,32,36)/t20-,22-/m0/s1. The van der Waals surface area contributed by atoms with Crippen LogP contribution in [0.1, 0.15) is 53.0 Å². The van der Waals surface area contributed by atoms with Crippen molar-refractivity contribution in [3.8, 4) is 0 Å². The third-order valence-corrected chi connectivity index (χ3v) is 5.19. The zero-order valence-electron chi connectivity index (χ0n) is 22.0. The summed E-state index contributed by atoms with van der Waals surface area (Å²) in [5, 5.41) is 11.3. The fraction of sp³-hybridized carbons (Fsp3) is 0.444. The van der Waals surface area contributed by atoms with E-state index in [2.05, 4.69) is 21.2 Å². The van der Waals surface area contributed by atoms with Crippen molar-refractivity contribution in [3.63, 3.8) is 0 Å². The summed E-state index contributed by atoms with van der Waals surface area (Å²) in [4.78, 5) is 48.9. The lowest BCUT2D eigenvalue weighted by Crippen LogP contribution is -2.51. The Morgan fingerprint density at radius 2 is 1.73 bits per heavy atom. The van der Waals surface area contributed by atoms with Gasteiger partial charge in [-0.3, -0.25) is 9.59 Å². The molecule has 2 aromatic carbocycles. The molecule has 10 nitrogen and oxygen atoms in total. The lowest BCUT2D eigenvalue weighted by Gasteiger charge is -2.25. The van der Waals surface area contributed by atoms with Crippen molar-refractivity contribution in [2.45, 2.75) is 71.6 Å². The Morgan fingerprint density at radius 1 is 1.05 bits per heavy atom. The van der Waals surface area contributed by atoms with Crippen molar-refractivity contribution in [1.29, 1.82) is 0 Å². The molecule has 5 N–H and O–H groups in total. The molecule has 0 aliphatic carbocycles. The van der Waals surface area contributed by atoms with Crippen LogP contribution >= 0.6 is 0 Å². The number of carbonyl (C=O) groups is 4. The molecule has 0 bridgehead atoms.